The number of nitrogen functional groups attached to an aromatic ring is 1. The van der Waals surface area contributed by atoms with Crippen LogP contribution in [0.4, 0.5) is 11.4 Å². The highest BCUT2D eigenvalue weighted by atomic mass is 35.5. The van der Waals surface area contributed by atoms with Crippen LogP contribution in [0.1, 0.15) is 17.5 Å². The van der Waals surface area contributed by atoms with Crippen molar-refractivity contribution in [1.82, 2.24) is 0 Å². The highest BCUT2D eigenvalue weighted by Crippen LogP contribution is 2.33. The molecule has 0 fully saturated rings. The molecular formula is C16H16Cl2N2. The van der Waals surface area contributed by atoms with Crippen molar-refractivity contribution < 1.29 is 0 Å². The summed E-state index contributed by atoms with van der Waals surface area (Å²) >= 11 is 12.2. The number of hydrogen-bond acceptors (Lipinski definition) is 2. The normalized spacial score (nSPS) is 14.2. The Morgan fingerprint density at radius 1 is 1.15 bits per heavy atom. The minimum absolute atomic E-state index is 0.669. The minimum Gasteiger partial charge on any atom is -0.398 e. The molecule has 0 bridgehead atoms. The third kappa shape index (κ3) is 2.58. The molecular weight excluding hydrogens is 291 g/mol. The highest BCUT2D eigenvalue weighted by molar-refractivity contribution is 6.35. The van der Waals surface area contributed by atoms with Gasteiger partial charge in [0.25, 0.3) is 0 Å². The Morgan fingerprint density at radius 3 is 2.80 bits per heavy atom. The molecule has 1 aliphatic heterocycles. The van der Waals surface area contributed by atoms with E-state index in [9.17, 15) is 0 Å². The van der Waals surface area contributed by atoms with E-state index >= 15 is 0 Å². The monoisotopic (exact) mass is 306 g/mol. The summed E-state index contributed by atoms with van der Waals surface area (Å²) in [5, 5.41) is 1.38. The molecule has 0 radical (unpaired) electrons. The third-order valence-electron chi connectivity index (χ3n) is 3.76. The van der Waals surface area contributed by atoms with Crippen LogP contribution in [0.3, 0.4) is 0 Å². The molecule has 4 heteroatoms. The van der Waals surface area contributed by atoms with Crippen molar-refractivity contribution in [2.45, 2.75) is 19.4 Å². The van der Waals surface area contributed by atoms with Crippen molar-refractivity contribution in [3.8, 4) is 0 Å². The zero-order valence-electron chi connectivity index (χ0n) is 11.1. The highest BCUT2D eigenvalue weighted by Gasteiger charge is 2.19. The first kappa shape index (κ1) is 13.6. The molecule has 3 rings (SSSR count). The average molecular weight is 307 g/mol. The van der Waals surface area contributed by atoms with Gasteiger partial charge in [-0.2, -0.15) is 0 Å². The number of nitrogens with two attached hydrogens (primary N) is 1. The van der Waals surface area contributed by atoms with Crippen LogP contribution in [-0.2, 0) is 13.0 Å². The van der Waals surface area contributed by atoms with Crippen molar-refractivity contribution >= 4 is 34.6 Å². The van der Waals surface area contributed by atoms with Gasteiger partial charge in [-0.3, -0.25) is 0 Å². The van der Waals surface area contributed by atoms with E-state index in [2.05, 4.69) is 11.0 Å². The lowest BCUT2D eigenvalue weighted by Crippen LogP contribution is -2.29. The summed E-state index contributed by atoms with van der Waals surface area (Å²) in [5.74, 6) is 0. The smallest absolute Gasteiger partial charge is 0.0470 e. The van der Waals surface area contributed by atoms with Crippen LogP contribution in [0, 0.1) is 0 Å². The summed E-state index contributed by atoms with van der Waals surface area (Å²) in [6, 6.07) is 11.8. The molecule has 0 atom stereocenters. The molecule has 2 aromatic rings. The van der Waals surface area contributed by atoms with Gasteiger partial charge in [0.05, 0.1) is 0 Å². The van der Waals surface area contributed by atoms with Crippen LogP contribution in [-0.4, -0.2) is 6.54 Å². The van der Waals surface area contributed by atoms with E-state index in [1.807, 2.05) is 24.3 Å². The van der Waals surface area contributed by atoms with Gasteiger partial charge in [0.2, 0.25) is 0 Å². The maximum atomic E-state index is 6.27. The van der Waals surface area contributed by atoms with E-state index < -0.39 is 0 Å². The Labute approximate surface area is 129 Å². The van der Waals surface area contributed by atoms with Crippen molar-refractivity contribution in [1.29, 1.82) is 0 Å². The predicted molar refractivity (Wildman–Crippen MR) is 86.7 cm³/mol. The zero-order chi connectivity index (χ0) is 14.1. The standard InChI is InChI=1S/C16H16Cl2N2/c17-12-7-6-11(14(18)9-12)10-20-8-2-3-13-15(19)4-1-5-16(13)20/h1,4-7,9H,2-3,8,10,19H2. The molecule has 0 unspecified atom stereocenters. The Hall–Kier alpha value is -1.38. The van der Waals surface area contributed by atoms with Gasteiger partial charge in [0.15, 0.2) is 0 Å². The number of halogens is 2. The first-order valence-corrected chi connectivity index (χ1v) is 7.47. The Balaban J connectivity index is 1.91. The molecule has 20 heavy (non-hydrogen) atoms. The summed E-state index contributed by atoms with van der Waals surface area (Å²) in [5.41, 5.74) is 10.5. The van der Waals surface area contributed by atoms with E-state index in [1.165, 1.54) is 11.3 Å². The van der Waals surface area contributed by atoms with Gasteiger partial charge in [-0.05, 0) is 48.2 Å². The number of anilines is 2. The topological polar surface area (TPSA) is 29.3 Å². The lowest BCUT2D eigenvalue weighted by Gasteiger charge is -2.32. The number of benzene rings is 2. The third-order valence-corrected chi connectivity index (χ3v) is 4.35. The molecule has 0 spiro atoms. The van der Waals surface area contributed by atoms with Gasteiger partial charge >= 0.3 is 0 Å². The van der Waals surface area contributed by atoms with E-state index in [1.54, 1.807) is 6.07 Å². The molecule has 0 saturated carbocycles. The number of rotatable bonds is 2. The van der Waals surface area contributed by atoms with Crippen molar-refractivity contribution in [3.05, 3.63) is 57.6 Å². The first-order chi connectivity index (χ1) is 9.65. The maximum absolute atomic E-state index is 6.27. The second kappa shape index (κ2) is 5.55. The molecule has 0 amide bonds. The van der Waals surface area contributed by atoms with Crippen LogP contribution in [0.25, 0.3) is 0 Å². The molecule has 1 heterocycles. The van der Waals surface area contributed by atoms with Crippen LogP contribution in [0.2, 0.25) is 10.0 Å². The van der Waals surface area contributed by atoms with Gasteiger partial charge < -0.3 is 10.6 Å². The maximum Gasteiger partial charge on any atom is 0.0470 e. The quantitative estimate of drug-likeness (QED) is 0.826. The van der Waals surface area contributed by atoms with E-state index in [4.69, 9.17) is 28.9 Å². The molecule has 2 nitrogen and oxygen atoms in total. The fourth-order valence-corrected chi connectivity index (χ4v) is 3.22. The fourth-order valence-electron chi connectivity index (χ4n) is 2.75. The zero-order valence-corrected chi connectivity index (χ0v) is 12.6. The molecule has 0 saturated heterocycles. The van der Waals surface area contributed by atoms with Gasteiger partial charge in [-0.1, -0.05) is 35.3 Å². The second-order valence-corrected chi connectivity index (χ2v) is 5.95. The molecule has 2 N–H and O–H groups in total. The summed E-state index contributed by atoms with van der Waals surface area (Å²) in [6.45, 7) is 1.81. The summed E-state index contributed by atoms with van der Waals surface area (Å²) in [7, 11) is 0. The van der Waals surface area contributed by atoms with Crippen LogP contribution in [0.5, 0.6) is 0 Å². The molecule has 0 aromatic heterocycles. The lowest BCUT2D eigenvalue weighted by atomic mass is 9.99. The van der Waals surface area contributed by atoms with Crippen molar-refractivity contribution in [2.24, 2.45) is 0 Å². The predicted octanol–water partition coefficient (Wildman–Crippen LogP) is 4.53. The second-order valence-electron chi connectivity index (χ2n) is 5.11. The lowest BCUT2D eigenvalue weighted by molar-refractivity contribution is 0.692. The fraction of sp³-hybridized carbons (Fsp3) is 0.250. The van der Waals surface area contributed by atoms with Crippen molar-refractivity contribution in [2.75, 3.05) is 17.2 Å². The molecule has 2 aromatic carbocycles. The summed E-state index contributed by atoms with van der Waals surface area (Å²) < 4.78 is 0. The Bertz CT molecular complexity index is 640. The SMILES string of the molecule is Nc1cccc2c1CCCN2Cc1ccc(Cl)cc1Cl. The van der Waals surface area contributed by atoms with Crippen LogP contribution in [0.15, 0.2) is 36.4 Å². The molecule has 1 aliphatic rings. The van der Waals surface area contributed by atoms with Crippen molar-refractivity contribution in [3.63, 3.8) is 0 Å². The van der Waals surface area contributed by atoms with E-state index in [0.717, 1.165) is 37.2 Å². The van der Waals surface area contributed by atoms with Crippen LogP contribution >= 0.6 is 23.2 Å². The van der Waals surface area contributed by atoms with Gasteiger partial charge in [-0.25, -0.2) is 0 Å². The van der Waals surface area contributed by atoms with Gasteiger partial charge in [0.1, 0.15) is 0 Å². The average Bonchev–Trinajstić information content (AvgIpc) is 2.43. The Kier molecular flexibility index (Phi) is 3.77. The van der Waals surface area contributed by atoms with E-state index in [-0.39, 0.29) is 0 Å². The molecule has 0 aliphatic carbocycles. The summed E-state index contributed by atoms with van der Waals surface area (Å²) in [4.78, 5) is 2.34. The first-order valence-electron chi connectivity index (χ1n) is 6.71. The van der Waals surface area contributed by atoms with E-state index in [0.29, 0.717) is 10.0 Å². The Morgan fingerprint density at radius 2 is 2.00 bits per heavy atom. The van der Waals surface area contributed by atoms with Crippen LogP contribution < -0.4 is 10.6 Å². The minimum atomic E-state index is 0.669. The van der Waals surface area contributed by atoms with Gasteiger partial charge in [0, 0.05) is 34.5 Å². The summed E-state index contributed by atoms with van der Waals surface area (Å²) in [6.07, 6.45) is 2.17. The molecule has 104 valence electrons. The number of fused-ring (bicyclic) bond motifs is 1. The number of hydrogen-bond donors (Lipinski definition) is 1. The number of nitrogens with zero attached hydrogens (tertiary/aromatic N) is 1. The largest absolute Gasteiger partial charge is 0.398 e. The van der Waals surface area contributed by atoms with Gasteiger partial charge in [-0.15, -0.1) is 0 Å².